The lowest BCUT2D eigenvalue weighted by molar-refractivity contribution is 0.0991. The second-order valence-corrected chi connectivity index (χ2v) is 4.07. The highest BCUT2D eigenvalue weighted by Crippen LogP contribution is 2.12. The molecule has 0 radical (unpaired) electrons. The number of ketones is 1. The third kappa shape index (κ3) is 3.95. The van der Waals surface area contributed by atoms with Gasteiger partial charge < -0.3 is 5.32 Å². The van der Waals surface area contributed by atoms with Crippen LogP contribution < -0.4 is 5.32 Å². The van der Waals surface area contributed by atoms with Gasteiger partial charge in [0.25, 0.3) is 0 Å². The van der Waals surface area contributed by atoms with Gasteiger partial charge in [0, 0.05) is 12.1 Å². The van der Waals surface area contributed by atoms with Gasteiger partial charge in [-0.05, 0) is 25.7 Å². The topological polar surface area (TPSA) is 32.3 Å². The molecule has 1 N–H and O–H groups in total. The summed E-state index contributed by atoms with van der Waals surface area (Å²) in [6, 6.07) is 7.88. The Kier molecular flexibility index (Phi) is 5.87. The molecule has 3 heteroatoms. The number of carbonyl (C=O) groups is 1. The third-order valence-corrected chi connectivity index (χ3v) is 2.94. The van der Waals surface area contributed by atoms with Crippen molar-refractivity contribution >= 4 is 5.78 Å². The van der Waals surface area contributed by atoms with Crippen molar-refractivity contribution in [2.24, 2.45) is 0 Å². The van der Waals surface area contributed by atoms with E-state index < -0.39 is 0 Å². The highest BCUT2D eigenvalue weighted by molar-refractivity contribution is 5.98. The van der Waals surface area contributed by atoms with Crippen molar-refractivity contribution in [3.63, 3.8) is 0 Å². The summed E-state index contributed by atoms with van der Waals surface area (Å²) in [5.41, 5.74) is 1.96. The van der Waals surface area contributed by atoms with Gasteiger partial charge >= 0.3 is 0 Å². The molecule has 1 aromatic carbocycles. The quantitative estimate of drug-likeness (QED) is 0.732. The zero-order valence-corrected chi connectivity index (χ0v) is 11.0. The predicted octanol–water partition coefficient (Wildman–Crippen LogP) is 1.93. The van der Waals surface area contributed by atoms with Crippen LogP contribution in [0.1, 0.15) is 29.8 Å². The summed E-state index contributed by atoms with van der Waals surface area (Å²) in [6.45, 7) is 7.53. The third-order valence-electron chi connectivity index (χ3n) is 2.94. The maximum absolute atomic E-state index is 11.9. The first-order valence-corrected chi connectivity index (χ1v) is 6.21. The number of nitrogens with one attached hydrogen (secondary N) is 1. The lowest BCUT2D eigenvalue weighted by Gasteiger charge is -2.19. The zero-order valence-electron chi connectivity index (χ0n) is 11.0. The summed E-state index contributed by atoms with van der Waals surface area (Å²) < 4.78 is 0. The molecule has 3 nitrogen and oxygen atoms in total. The standard InChI is InChI=1S/C14H22N2O/c1-4-16(5-2)11-12-8-6-7-9-13(12)14(17)10-15-3/h6-9,15H,4-5,10-11H2,1-3H3. The van der Waals surface area contributed by atoms with E-state index >= 15 is 0 Å². The average Bonchev–Trinajstić information content (AvgIpc) is 2.36. The van der Waals surface area contributed by atoms with Crippen molar-refractivity contribution in [1.82, 2.24) is 10.2 Å². The van der Waals surface area contributed by atoms with Gasteiger partial charge in [0.2, 0.25) is 0 Å². The SMILES string of the molecule is CCN(CC)Cc1ccccc1C(=O)CNC. The smallest absolute Gasteiger partial charge is 0.176 e. The van der Waals surface area contributed by atoms with E-state index in [0.717, 1.165) is 30.8 Å². The Morgan fingerprint density at radius 2 is 1.88 bits per heavy atom. The van der Waals surface area contributed by atoms with E-state index in [-0.39, 0.29) is 5.78 Å². The fraction of sp³-hybridized carbons (Fsp3) is 0.500. The minimum Gasteiger partial charge on any atom is -0.313 e. The van der Waals surface area contributed by atoms with Crippen LogP contribution in [-0.2, 0) is 6.54 Å². The highest BCUT2D eigenvalue weighted by Gasteiger charge is 2.11. The first kappa shape index (κ1) is 13.9. The van der Waals surface area contributed by atoms with Gasteiger partial charge in [-0.25, -0.2) is 0 Å². The number of hydrogen-bond acceptors (Lipinski definition) is 3. The molecule has 0 amide bonds. The molecule has 0 saturated heterocycles. The van der Waals surface area contributed by atoms with E-state index in [9.17, 15) is 4.79 Å². The van der Waals surface area contributed by atoms with E-state index in [1.165, 1.54) is 0 Å². The molecule has 94 valence electrons. The van der Waals surface area contributed by atoms with E-state index in [0.29, 0.717) is 6.54 Å². The van der Waals surface area contributed by atoms with E-state index in [2.05, 4.69) is 24.1 Å². The van der Waals surface area contributed by atoms with Gasteiger partial charge in [0.05, 0.1) is 6.54 Å². The summed E-state index contributed by atoms with van der Waals surface area (Å²) in [5, 5.41) is 2.91. The molecule has 0 aliphatic rings. The van der Waals surface area contributed by atoms with Crippen molar-refractivity contribution in [1.29, 1.82) is 0 Å². The van der Waals surface area contributed by atoms with Crippen LogP contribution in [0.3, 0.4) is 0 Å². The lowest BCUT2D eigenvalue weighted by atomic mass is 10.0. The van der Waals surface area contributed by atoms with Crippen LogP contribution in [0.5, 0.6) is 0 Å². The van der Waals surface area contributed by atoms with Crippen molar-refractivity contribution in [3.05, 3.63) is 35.4 Å². The Morgan fingerprint density at radius 3 is 2.47 bits per heavy atom. The van der Waals surface area contributed by atoms with Gasteiger partial charge in [-0.15, -0.1) is 0 Å². The van der Waals surface area contributed by atoms with Crippen LogP contribution in [0.2, 0.25) is 0 Å². The van der Waals surface area contributed by atoms with Gasteiger partial charge in [-0.1, -0.05) is 38.1 Å². The summed E-state index contributed by atoms with van der Waals surface area (Å²) in [4.78, 5) is 14.3. The Hall–Kier alpha value is -1.19. The van der Waals surface area contributed by atoms with Crippen LogP contribution >= 0.6 is 0 Å². The van der Waals surface area contributed by atoms with Crippen LogP contribution in [0.15, 0.2) is 24.3 Å². The Labute approximate surface area is 104 Å². The fourth-order valence-electron chi connectivity index (χ4n) is 1.87. The van der Waals surface area contributed by atoms with E-state index in [1.807, 2.05) is 24.3 Å². The average molecular weight is 234 g/mol. The van der Waals surface area contributed by atoms with Crippen molar-refractivity contribution in [2.45, 2.75) is 20.4 Å². The molecule has 0 bridgehead atoms. The van der Waals surface area contributed by atoms with Crippen LogP contribution in [-0.4, -0.2) is 37.4 Å². The minimum atomic E-state index is 0.162. The van der Waals surface area contributed by atoms with Gasteiger partial charge in [-0.2, -0.15) is 0 Å². The number of benzene rings is 1. The van der Waals surface area contributed by atoms with Gasteiger partial charge in [0.1, 0.15) is 0 Å². The van der Waals surface area contributed by atoms with E-state index in [4.69, 9.17) is 0 Å². The predicted molar refractivity (Wildman–Crippen MR) is 71.3 cm³/mol. The second kappa shape index (κ2) is 7.20. The number of Topliss-reactive ketones (excluding diaryl/α,β-unsaturated/α-hetero) is 1. The molecular formula is C14H22N2O. The number of hydrogen-bond donors (Lipinski definition) is 1. The van der Waals surface area contributed by atoms with Gasteiger partial charge in [0.15, 0.2) is 5.78 Å². The van der Waals surface area contributed by atoms with Crippen molar-refractivity contribution in [3.8, 4) is 0 Å². The summed E-state index contributed by atoms with van der Waals surface area (Å²) in [5.74, 6) is 0.162. The number of likely N-dealkylation sites (N-methyl/N-ethyl adjacent to an activating group) is 1. The Balaban J connectivity index is 2.87. The monoisotopic (exact) mass is 234 g/mol. The normalized spacial score (nSPS) is 10.8. The molecular weight excluding hydrogens is 212 g/mol. The molecule has 0 atom stereocenters. The Bertz CT molecular complexity index is 359. The van der Waals surface area contributed by atoms with Crippen LogP contribution in [0.25, 0.3) is 0 Å². The largest absolute Gasteiger partial charge is 0.313 e. The van der Waals surface area contributed by atoms with Crippen LogP contribution in [0, 0.1) is 0 Å². The second-order valence-electron chi connectivity index (χ2n) is 4.07. The maximum Gasteiger partial charge on any atom is 0.176 e. The molecule has 0 unspecified atom stereocenters. The first-order valence-electron chi connectivity index (χ1n) is 6.21. The number of carbonyl (C=O) groups excluding carboxylic acids is 1. The van der Waals surface area contributed by atoms with Gasteiger partial charge in [-0.3, -0.25) is 9.69 Å². The molecule has 0 fully saturated rings. The van der Waals surface area contributed by atoms with Crippen molar-refractivity contribution in [2.75, 3.05) is 26.7 Å². The first-order chi connectivity index (χ1) is 8.22. The lowest BCUT2D eigenvalue weighted by Crippen LogP contribution is -2.25. The maximum atomic E-state index is 11.9. The van der Waals surface area contributed by atoms with Crippen LogP contribution in [0.4, 0.5) is 0 Å². The summed E-state index contributed by atoms with van der Waals surface area (Å²) in [6.07, 6.45) is 0. The Morgan fingerprint density at radius 1 is 1.24 bits per heavy atom. The molecule has 0 saturated carbocycles. The number of rotatable bonds is 7. The zero-order chi connectivity index (χ0) is 12.7. The molecule has 0 spiro atoms. The number of nitrogens with zero attached hydrogens (tertiary/aromatic N) is 1. The molecule has 0 aromatic heterocycles. The van der Waals surface area contributed by atoms with Crippen molar-refractivity contribution < 1.29 is 4.79 Å². The molecule has 0 aliphatic carbocycles. The molecule has 1 rings (SSSR count). The minimum absolute atomic E-state index is 0.162. The summed E-state index contributed by atoms with van der Waals surface area (Å²) in [7, 11) is 1.80. The molecule has 0 aliphatic heterocycles. The molecule has 0 heterocycles. The summed E-state index contributed by atoms with van der Waals surface area (Å²) >= 11 is 0. The molecule has 1 aromatic rings. The fourth-order valence-corrected chi connectivity index (χ4v) is 1.87. The molecule has 17 heavy (non-hydrogen) atoms. The van der Waals surface area contributed by atoms with E-state index in [1.54, 1.807) is 7.05 Å². The highest BCUT2D eigenvalue weighted by atomic mass is 16.1.